The second kappa shape index (κ2) is 4.71. The summed E-state index contributed by atoms with van der Waals surface area (Å²) in [6.07, 6.45) is 2.96. The Hall–Kier alpha value is -1.99. The molecule has 2 rings (SSSR count). The molecule has 0 bridgehead atoms. The second-order valence-corrected chi connectivity index (χ2v) is 4.98. The Morgan fingerprint density at radius 1 is 1.22 bits per heavy atom. The minimum atomic E-state index is -4.18. The zero-order valence-electron chi connectivity index (χ0n) is 9.44. The van der Waals surface area contributed by atoms with Crippen molar-refractivity contribution in [3.8, 4) is 11.6 Å². The number of nitrogens with zero attached hydrogens (tertiary/aromatic N) is 2. The minimum absolute atomic E-state index is 0.186. The van der Waals surface area contributed by atoms with E-state index in [1.165, 1.54) is 30.6 Å². The van der Waals surface area contributed by atoms with Crippen molar-refractivity contribution in [3.05, 3.63) is 42.4 Å². The van der Waals surface area contributed by atoms with Gasteiger partial charge in [-0.1, -0.05) is 0 Å². The first-order chi connectivity index (χ1) is 8.47. The van der Waals surface area contributed by atoms with Gasteiger partial charge in [0.2, 0.25) is 5.88 Å². The summed E-state index contributed by atoms with van der Waals surface area (Å²) < 4.78 is 36.0. The highest BCUT2D eigenvalue weighted by Gasteiger charge is 2.09. The van der Waals surface area contributed by atoms with Crippen LogP contribution in [0.5, 0.6) is 11.6 Å². The highest BCUT2D eigenvalue weighted by molar-refractivity contribution is 7.85. The van der Waals surface area contributed by atoms with Gasteiger partial charge in [0.15, 0.2) is 0 Å². The van der Waals surface area contributed by atoms with E-state index in [0.29, 0.717) is 11.6 Å². The van der Waals surface area contributed by atoms with Gasteiger partial charge in [-0.05, 0) is 31.2 Å². The minimum Gasteiger partial charge on any atom is -0.439 e. The molecule has 94 valence electrons. The van der Waals surface area contributed by atoms with Gasteiger partial charge in [0.05, 0.1) is 4.90 Å². The molecule has 0 amide bonds. The smallest absolute Gasteiger partial charge is 0.294 e. The van der Waals surface area contributed by atoms with Crippen LogP contribution < -0.4 is 4.74 Å². The molecule has 0 aliphatic rings. The monoisotopic (exact) mass is 266 g/mol. The molecule has 6 nitrogen and oxygen atoms in total. The van der Waals surface area contributed by atoms with E-state index in [-0.39, 0.29) is 4.90 Å². The third-order valence-corrected chi connectivity index (χ3v) is 3.05. The van der Waals surface area contributed by atoms with Crippen LogP contribution >= 0.6 is 0 Å². The maximum Gasteiger partial charge on any atom is 0.294 e. The molecule has 1 aromatic carbocycles. The molecule has 1 aromatic heterocycles. The number of hydrogen-bond donors (Lipinski definition) is 1. The third kappa shape index (κ3) is 2.82. The summed E-state index contributed by atoms with van der Waals surface area (Å²) in [6.45, 7) is 1.79. The fraction of sp³-hybridized carbons (Fsp3) is 0.0909. The van der Waals surface area contributed by atoms with Gasteiger partial charge in [-0.25, -0.2) is 9.97 Å². The maximum atomic E-state index is 10.9. The summed E-state index contributed by atoms with van der Waals surface area (Å²) in [4.78, 5) is 7.59. The molecule has 18 heavy (non-hydrogen) atoms. The van der Waals surface area contributed by atoms with E-state index >= 15 is 0 Å². The first-order valence-corrected chi connectivity index (χ1v) is 6.43. The SMILES string of the molecule is Cc1cncnc1Oc1ccc(S(=O)(=O)O)cc1. The molecule has 0 saturated carbocycles. The number of aryl methyl sites for hydroxylation is 1. The molecule has 7 heteroatoms. The van der Waals surface area contributed by atoms with Crippen molar-refractivity contribution in [1.29, 1.82) is 0 Å². The Labute approximate surface area is 104 Å². The van der Waals surface area contributed by atoms with E-state index < -0.39 is 10.1 Å². The predicted molar refractivity (Wildman–Crippen MR) is 63.1 cm³/mol. The van der Waals surface area contributed by atoms with Crippen LogP contribution in [0.15, 0.2) is 41.7 Å². The normalized spacial score (nSPS) is 11.2. The van der Waals surface area contributed by atoms with Crippen LogP contribution in [0.3, 0.4) is 0 Å². The van der Waals surface area contributed by atoms with Gasteiger partial charge in [-0.15, -0.1) is 0 Å². The van der Waals surface area contributed by atoms with Crippen molar-refractivity contribution < 1.29 is 17.7 Å². The lowest BCUT2D eigenvalue weighted by Gasteiger charge is -2.06. The molecule has 0 aliphatic heterocycles. The summed E-state index contributed by atoms with van der Waals surface area (Å²) in [5.74, 6) is 0.814. The van der Waals surface area contributed by atoms with E-state index in [1.54, 1.807) is 13.1 Å². The number of benzene rings is 1. The highest BCUT2D eigenvalue weighted by atomic mass is 32.2. The van der Waals surface area contributed by atoms with E-state index in [0.717, 1.165) is 5.56 Å². The molecule has 0 unspecified atom stereocenters. The Balaban J connectivity index is 2.24. The molecule has 0 saturated heterocycles. The number of hydrogen-bond acceptors (Lipinski definition) is 5. The quantitative estimate of drug-likeness (QED) is 0.852. The standard InChI is InChI=1S/C11H10N2O4S/c1-8-6-12-7-13-11(8)17-9-2-4-10(5-3-9)18(14,15)16/h2-7H,1H3,(H,14,15,16). The lowest BCUT2D eigenvalue weighted by Crippen LogP contribution is -1.97. The molecule has 1 heterocycles. The summed E-state index contributed by atoms with van der Waals surface area (Å²) in [7, 11) is -4.18. The Bertz CT molecular complexity index is 653. The molecule has 0 spiro atoms. The molecular weight excluding hydrogens is 256 g/mol. The van der Waals surface area contributed by atoms with Crippen LogP contribution in [0, 0.1) is 6.92 Å². The zero-order chi connectivity index (χ0) is 13.2. The molecular formula is C11H10N2O4S. The fourth-order valence-corrected chi connectivity index (χ4v) is 1.77. The molecule has 2 aromatic rings. The summed E-state index contributed by atoms with van der Waals surface area (Å²) in [5.41, 5.74) is 0.761. The van der Waals surface area contributed by atoms with Gasteiger partial charge < -0.3 is 4.74 Å². The summed E-state index contributed by atoms with van der Waals surface area (Å²) in [6, 6.07) is 5.37. The van der Waals surface area contributed by atoms with E-state index in [1.807, 2.05) is 0 Å². The largest absolute Gasteiger partial charge is 0.439 e. The van der Waals surface area contributed by atoms with Crippen LogP contribution in [0.25, 0.3) is 0 Å². The highest BCUT2D eigenvalue weighted by Crippen LogP contribution is 2.22. The van der Waals surface area contributed by atoms with E-state index in [4.69, 9.17) is 9.29 Å². The van der Waals surface area contributed by atoms with Gasteiger partial charge in [-0.2, -0.15) is 8.42 Å². The van der Waals surface area contributed by atoms with Crippen molar-refractivity contribution in [2.45, 2.75) is 11.8 Å². The van der Waals surface area contributed by atoms with Crippen molar-refractivity contribution in [3.63, 3.8) is 0 Å². The second-order valence-electron chi connectivity index (χ2n) is 3.56. The van der Waals surface area contributed by atoms with Crippen LogP contribution in [0.4, 0.5) is 0 Å². The van der Waals surface area contributed by atoms with Crippen LogP contribution in [0.1, 0.15) is 5.56 Å². The maximum absolute atomic E-state index is 10.9. The zero-order valence-corrected chi connectivity index (χ0v) is 10.3. The summed E-state index contributed by atoms with van der Waals surface area (Å²) >= 11 is 0. The average molecular weight is 266 g/mol. The van der Waals surface area contributed by atoms with Gasteiger partial charge in [0.25, 0.3) is 10.1 Å². The first-order valence-electron chi connectivity index (χ1n) is 4.99. The molecule has 0 aliphatic carbocycles. The lowest BCUT2D eigenvalue weighted by atomic mass is 10.3. The van der Waals surface area contributed by atoms with Gasteiger partial charge in [0.1, 0.15) is 12.1 Å². The van der Waals surface area contributed by atoms with Gasteiger partial charge in [-0.3, -0.25) is 4.55 Å². The predicted octanol–water partition coefficient (Wildman–Crippen LogP) is 1.82. The Morgan fingerprint density at radius 2 is 1.89 bits per heavy atom. The Morgan fingerprint density at radius 3 is 2.44 bits per heavy atom. The van der Waals surface area contributed by atoms with Crippen molar-refractivity contribution >= 4 is 10.1 Å². The van der Waals surface area contributed by atoms with Crippen molar-refractivity contribution in [1.82, 2.24) is 9.97 Å². The fourth-order valence-electron chi connectivity index (χ4n) is 1.29. The van der Waals surface area contributed by atoms with Gasteiger partial charge >= 0.3 is 0 Å². The van der Waals surface area contributed by atoms with Gasteiger partial charge in [0, 0.05) is 11.8 Å². The van der Waals surface area contributed by atoms with Crippen molar-refractivity contribution in [2.24, 2.45) is 0 Å². The van der Waals surface area contributed by atoms with E-state index in [9.17, 15) is 8.42 Å². The number of ether oxygens (including phenoxy) is 1. The number of aromatic nitrogens is 2. The average Bonchev–Trinajstić information content (AvgIpc) is 2.32. The third-order valence-electron chi connectivity index (χ3n) is 2.18. The lowest BCUT2D eigenvalue weighted by molar-refractivity contribution is 0.456. The topological polar surface area (TPSA) is 89.4 Å². The van der Waals surface area contributed by atoms with E-state index in [2.05, 4.69) is 9.97 Å². The van der Waals surface area contributed by atoms with Crippen LogP contribution in [0.2, 0.25) is 0 Å². The summed E-state index contributed by atoms with van der Waals surface area (Å²) in [5, 5.41) is 0. The first kappa shape index (κ1) is 12.5. The van der Waals surface area contributed by atoms with Crippen molar-refractivity contribution in [2.75, 3.05) is 0 Å². The molecule has 0 radical (unpaired) electrons. The van der Waals surface area contributed by atoms with Crippen LogP contribution in [-0.2, 0) is 10.1 Å². The number of rotatable bonds is 3. The molecule has 1 N–H and O–H groups in total. The molecule has 0 atom stereocenters. The Kier molecular flexibility index (Phi) is 3.26. The molecule has 0 fully saturated rings. The van der Waals surface area contributed by atoms with Crippen LogP contribution in [-0.4, -0.2) is 22.9 Å².